The first-order valence-corrected chi connectivity index (χ1v) is 21.4. The Morgan fingerprint density at radius 1 is 0.410 bits per heavy atom. The van der Waals surface area contributed by atoms with E-state index >= 15 is 0 Å². The maximum Gasteiger partial charge on any atom is 0.0714 e. The lowest BCUT2D eigenvalue weighted by Gasteiger charge is -2.35. The number of rotatable bonds is 7. The lowest BCUT2D eigenvalue weighted by Crippen LogP contribution is -2.29. The van der Waals surface area contributed by atoms with E-state index < -0.39 is 5.41 Å². The van der Waals surface area contributed by atoms with E-state index in [0.717, 1.165) is 22.7 Å². The highest BCUT2D eigenvalue weighted by Gasteiger charge is 2.48. The third-order valence-corrected chi connectivity index (χ3v) is 12.8. The van der Waals surface area contributed by atoms with Gasteiger partial charge < -0.3 is 9.47 Å². The van der Waals surface area contributed by atoms with Crippen LogP contribution in [-0.4, -0.2) is 4.57 Å². The summed E-state index contributed by atoms with van der Waals surface area (Å²) in [6.45, 7) is 7.02. The second-order valence-corrected chi connectivity index (χ2v) is 17.3. The molecule has 0 saturated heterocycles. The summed E-state index contributed by atoms with van der Waals surface area (Å²) in [5.74, 6) is 0. The Kier molecular flexibility index (Phi) is 8.65. The highest BCUT2D eigenvalue weighted by atomic mass is 15.1. The van der Waals surface area contributed by atoms with Crippen LogP contribution >= 0.6 is 0 Å². The van der Waals surface area contributed by atoms with Crippen molar-refractivity contribution >= 4 is 38.9 Å². The van der Waals surface area contributed by atoms with Gasteiger partial charge in [0.2, 0.25) is 0 Å². The fourth-order valence-corrected chi connectivity index (χ4v) is 10.1. The van der Waals surface area contributed by atoms with Crippen LogP contribution in [0.2, 0.25) is 0 Å². The summed E-state index contributed by atoms with van der Waals surface area (Å²) in [6.07, 6.45) is 0. The molecule has 0 bridgehead atoms. The standard InChI is InChI=1S/C59H46N2/c1-58(2,3)52-26-17-27-53-57(52)51-39-38-48(40-54(51)59(53,43-20-9-5-10-21-43)44-22-11-6-12-23-44)60(45-32-30-42(31-33-45)41-18-7-4-8-19-41)46-34-36-47(37-35-46)61-55-28-15-13-24-49(55)50-25-14-16-29-56(50)61/h4-40H,1-3H3. The van der Waals surface area contributed by atoms with Gasteiger partial charge in [-0.25, -0.2) is 0 Å². The van der Waals surface area contributed by atoms with Crippen LogP contribution in [0.25, 0.3) is 49.7 Å². The summed E-state index contributed by atoms with van der Waals surface area (Å²) in [6, 6.07) is 82.7. The Morgan fingerprint density at radius 3 is 1.48 bits per heavy atom. The number of aromatic nitrogens is 1. The summed E-state index contributed by atoms with van der Waals surface area (Å²) in [7, 11) is 0. The Balaban J connectivity index is 1.14. The molecule has 0 fully saturated rings. The number of hydrogen-bond acceptors (Lipinski definition) is 1. The molecular weight excluding hydrogens is 737 g/mol. The monoisotopic (exact) mass is 782 g/mol. The predicted octanol–water partition coefficient (Wildman–Crippen LogP) is 15.6. The van der Waals surface area contributed by atoms with E-state index in [-0.39, 0.29) is 5.41 Å². The minimum Gasteiger partial charge on any atom is -0.310 e. The molecule has 0 saturated carbocycles. The molecule has 0 atom stereocenters. The molecular formula is C59H46N2. The van der Waals surface area contributed by atoms with Crippen LogP contribution in [0.15, 0.2) is 224 Å². The Bertz CT molecular complexity index is 3100. The molecule has 2 heteroatoms. The Labute approximate surface area is 358 Å². The van der Waals surface area contributed by atoms with E-state index in [1.807, 2.05) is 0 Å². The average Bonchev–Trinajstić information content (AvgIpc) is 3.81. The summed E-state index contributed by atoms with van der Waals surface area (Å²) in [4.78, 5) is 2.43. The van der Waals surface area contributed by atoms with E-state index in [0.29, 0.717) is 0 Å². The number of benzene rings is 9. The number of nitrogens with zero attached hydrogens (tertiary/aromatic N) is 2. The van der Waals surface area contributed by atoms with Gasteiger partial charge in [-0.2, -0.15) is 0 Å². The number of hydrogen-bond donors (Lipinski definition) is 0. The summed E-state index contributed by atoms with van der Waals surface area (Å²) >= 11 is 0. The first-order chi connectivity index (χ1) is 29.9. The van der Waals surface area contributed by atoms with E-state index in [4.69, 9.17) is 0 Å². The summed E-state index contributed by atoms with van der Waals surface area (Å²) < 4.78 is 2.39. The molecule has 1 heterocycles. The molecule has 0 unspecified atom stereocenters. The minimum absolute atomic E-state index is 0.0601. The third-order valence-electron chi connectivity index (χ3n) is 12.8. The van der Waals surface area contributed by atoms with Gasteiger partial charge in [0, 0.05) is 33.5 Å². The van der Waals surface area contributed by atoms with Gasteiger partial charge in [-0.1, -0.05) is 185 Å². The number of fused-ring (bicyclic) bond motifs is 6. The maximum atomic E-state index is 2.48. The van der Waals surface area contributed by atoms with E-state index in [1.54, 1.807) is 0 Å². The van der Waals surface area contributed by atoms with Gasteiger partial charge in [-0.05, 0) is 116 Å². The zero-order valence-corrected chi connectivity index (χ0v) is 34.8. The normalized spacial score (nSPS) is 13.0. The van der Waals surface area contributed by atoms with E-state index in [1.165, 1.54) is 71.9 Å². The number of para-hydroxylation sites is 2. The van der Waals surface area contributed by atoms with Crippen molar-refractivity contribution in [2.75, 3.05) is 4.90 Å². The lowest BCUT2D eigenvalue weighted by molar-refractivity contribution is 0.591. The fourth-order valence-electron chi connectivity index (χ4n) is 10.1. The van der Waals surface area contributed by atoms with Gasteiger partial charge in [-0.15, -0.1) is 0 Å². The van der Waals surface area contributed by atoms with Crippen molar-refractivity contribution in [2.45, 2.75) is 31.6 Å². The molecule has 9 aromatic carbocycles. The third kappa shape index (κ3) is 5.85. The van der Waals surface area contributed by atoms with Crippen LogP contribution in [0.4, 0.5) is 17.1 Å². The molecule has 1 aliphatic rings. The zero-order valence-electron chi connectivity index (χ0n) is 34.8. The molecule has 0 aliphatic heterocycles. The van der Waals surface area contributed by atoms with Gasteiger partial charge in [0.15, 0.2) is 0 Å². The predicted molar refractivity (Wildman–Crippen MR) is 257 cm³/mol. The first kappa shape index (κ1) is 36.6. The molecule has 292 valence electrons. The Hall–Kier alpha value is -7.42. The van der Waals surface area contributed by atoms with E-state index in [2.05, 4.69) is 255 Å². The lowest BCUT2D eigenvalue weighted by atomic mass is 9.67. The van der Waals surface area contributed by atoms with Crippen molar-refractivity contribution in [3.05, 3.63) is 252 Å². The minimum atomic E-state index is -0.534. The van der Waals surface area contributed by atoms with Gasteiger partial charge in [0.1, 0.15) is 0 Å². The fraction of sp³-hybridized carbons (Fsp3) is 0.0847. The molecule has 10 aromatic rings. The molecule has 0 N–H and O–H groups in total. The number of anilines is 3. The van der Waals surface area contributed by atoms with Crippen LogP contribution in [0.1, 0.15) is 48.6 Å². The molecule has 2 nitrogen and oxygen atoms in total. The second kappa shape index (κ2) is 14.4. The molecule has 1 aromatic heterocycles. The molecule has 61 heavy (non-hydrogen) atoms. The molecule has 1 aliphatic carbocycles. The highest BCUT2D eigenvalue weighted by molar-refractivity contribution is 6.09. The summed E-state index contributed by atoms with van der Waals surface area (Å²) in [5.41, 5.74) is 17.8. The molecule has 0 radical (unpaired) electrons. The zero-order chi connectivity index (χ0) is 41.1. The summed E-state index contributed by atoms with van der Waals surface area (Å²) in [5, 5.41) is 2.52. The van der Waals surface area contributed by atoms with Crippen LogP contribution < -0.4 is 4.90 Å². The van der Waals surface area contributed by atoms with Gasteiger partial charge in [0.05, 0.1) is 16.4 Å². The average molecular weight is 783 g/mol. The maximum absolute atomic E-state index is 2.48. The van der Waals surface area contributed by atoms with Crippen molar-refractivity contribution in [3.8, 4) is 27.9 Å². The first-order valence-electron chi connectivity index (χ1n) is 21.4. The van der Waals surface area contributed by atoms with Crippen LogP contribution in [0.5, 0.6) is 0 Å². The van der Waals surface area contributed by atoms with Crippen molar-refractivity contribution < 1.29 is 0 Å². The van der Waals surface area contributed by atoms with Gasteiger partial charge in [-0.3, -0.25) is 0 Å². The smallest absolute Gasteiger partial charge is 0.0714 e. The largest absolute Gasteiger partial charge is 0.310 e. The Morgan fingerprint density at radius 2 is 0.902 bits per heavy atom. The van der Waals surface area contributed by atoms with Gasteiger partial charge in [0.25, 0.3) is 0 Å². The topological polar surface area (TPSA) is 8.17 Å². The van der Waals surface area contributed by atoms with Crippen molar-refractivity contribution in [1.82, 2.24) is 4.57 Å². The van der Waals surface area contributed by atoms with Crippen LogP contribution in [0.3, 0.4) is 0 Å². The highest BCUT2D eigenvalue weighted by Crippen LogP contribution is 2.59. The van der Waals surface area contributed by atoms with E-state index in [9.17, 15) is 0 Å². The van der Waals surface area contributed by atoms with Crippen molar-refractivity contribution in [2.24, 2.45) is 0 Å². The van der Waals surface area contributed by atoms with Crippen LogP contribution in [-0.2, 0) is 10.8 Å². The molecule has 0 spiro atoms. The molecule has 11 rings (SSSR count). The quantitative estimate of drug-likeness (QED) is 0.156. The van der Waals surface area contributed by atoms with Crippen molar-refractivity contribution in [3.63, 3.8) is 0 Å². The van der Waals surface area contributed by atoms with Crippen LogP contribution in [0, 0.1) is 0 Å². The SMILES string of the molecule is CC(C)(C)c1cccc2c1-c1ccc(N(c3ccc(-c4ccccc4)cc3)c3ccc(-n4c5ccccc5c5ccccc54)cc3)cc1C2(c1ccccc1)c1ccccc1. The van der Waals surface area contributed by atoms with Gasteiger partial charge >= 0.3 is 0 Å². The second-order valence-electron chi connectivity index (χ2n) is 17.3. The molecule has 0 amide bonds. The van der Waals surface area contributed by atoms with Crippen molar-refractivity contribution in [1.29, 1.82) is 0 Å².